The maximum atomic E-state index is 11.7. The second-order valence-electron chi connectivity index (χ2n) is 18.9. The first-order valence-electron chi connectivity index (χ1n) is 24.2. The van der Waals surface area contributed by atoms with E-state index >= 15 is 0 Å². The van der Waals surface area contributed by atoms with Gasteiger partial charge in [0, 0.05) is 86.3 Å². The molecule has 10 heterocycles. The summed E-state index contributed by atoms with van der Waals surface area (Å²) in [6.45, 7) is -1.45. The fraction of sp³-hybridized carbons (Fsp3) is 0.268. The van der Waals surface area contributed by atoms with Crippen LogP contribution in [0.4, 0.5) is 0 Å². The number of fused-ring (bicyclic) bond motifs is 8. The Kier molecular flexibility index (Phi) is 13.3. The molecule has 6 aromatic heterocycles. The first-order valence-corrected chi connectivity index (χ1v) is 24.2. The second-order valence-corrected chi connectivity index (χ2v) is 18.9. The van der Waals surface area contributed by atoms with Crippen LogP contribution in [0.15, 0.2) is 122 Å². The van der Waals surface area contributed by atoms with Crippen LogP contribution in [0.25, 0.3) is 90.9 Å². The van der Waals surface area contributed by atoms with Crippen molar-refractivity contribution in [2.45, 2.75) is 61.4 Å². The lowest BCUT2D eigenvalue weighted by Crippen LogP contribution is -2.65. The summed E-state index contributed by atoms with van der Waals surface area (Å²) in [5, 5.41) is 75.0. The number of hydrogen-bond donors (Lipinski definition) is 9. The van der Waals surface area contributed by atoms with E-state index in [1.165, 1.54) is 0 Å². The number of aliphatic hydroxyl groups is 7. The van der Waals surface area contributed by atoms with Crippen LogP contribution in [0.3, 0.4) is 0 Å². The highest BCUT2D eigenvalue weighted by Crippen LogP contribution is 2.41. The Balaban J connectivity index is 1.10. The highest BCUT2D eigenvalue weighted by Gasteiger charge is 2.51. The predicted octanol–water partition coefficient (Wildman–Crippen LogP) is 2.80. The van der Waals surface area contributed by atoms with Gasteiger partial charge in [-0.15, -0.1) is 0 Å². The van der Waals surface area contributed by atoms with Crippen LogP contribution in [-0.4, -0.2) is 130 Å². The number of benzene rings is 1. The molecule has 9 N–H and O–H groups in total. The number of hydrogen-bond acceptors (Lipinski definition) is 13. The number of H-pyrrole nitrogens is 2. The molecule has 2 saturated heterocycles. The molecule has 7 aromatic rings. The molecule has 8 bridgehead atoms. The van der Waals surface area contributed by atoms with Gasteiger partial charge >= 0.3 is 0 Å². The van der Waals surface area contributed by atoms with E-state index in [0.717, 1.165) is 61.3 Å². The fourth-order valence-corrected chi connectivity index (χ4v) is 9.96. The van der Waals surface area contributed by atoms with Crippen molar-refractivity contribution in [3.05, 3.63) is 145 Å². The molecule has 0 aliphatic carbocycles. The van der Waals surface area contributed by atoms with Crippen LogP contribution in [-0.2, 0) is 35.4 Å². The van der Waals surface area contributed by atoms with Gasteiger partial charge in [0.2, 0.25) is 6.29 Å². The number of aliphatic hydroxyl groups excluding tert-OH is 7. The van der Waals surface area contributed by atoms with Crippen LogP contribution >= 0.6 is 0 Å². The number of nitrogens with one attached hydrogen (secondary N) is 2. The van der Waals surface area contributed by atoms with Crippen molar-refractivity contribution in [1.29, 1.82) is 0 Å². The van der Waals surface area contributed by atoms with Gasteiger partial charge in [-0.05, 0) is 71.3 Å². The smallest absolute Gasteiger partial charge is 0.229 e. The first kappa shape index (κ1) is 48.9. The van der Waals surface area contributed by atoms with Crippen LogP contribution in [0.2, 0.25) is 0 Å². The number of ether oxygens (including phenoxy) is 4. The lowest BCUT2D eigenvalue weighted by atomic mass is 9.97. The molecule has 11 rings (SSSR count). The van der Waals surface area contributed by atoms with E-state index < -0.39 is 74.6 Å². The normalized spacial score (nSPS) is 24.6. The molecular formula is C56H56N7O11+3. The van der Waals surface area contributed by atoms with Gasteiger partial charge < -0.3 is 64.7 Å². The molecule has 0 radical (unpaired) electrons. The van der Waals surface area contributed by atoms with E-state index in [9.17, 15) is 35.7 Å². The molecule has 4 aliphatic rings. The third kappa shape index (κ3) is 9.11. The third-order valence-electron chi connectivity index (χ3n) is 13.9. The Morgan fingerprint density at radius 2 is 0.878 bits per heavy atom. The topological polar surface area (TPSA) is 248 Å². The quantitative estimate of drug-likeness (QED) is 0.0897. The highest BCUT2D eigenvalue weighted by atomic mass is 16.7. The van der Waals surface area contributed by atoms with Crippen molar-refractivity contribution >= 4 is 46.4 Å². The fourth-order valence-electron chi connectivity index (χ4n) is 9.96. The minimum absolute atomic E-state index is 0.229. The van der Waals surface area contributed by atoms with Crippen molar-refractivity contribution in [2.75, 3.05) is 13.2 Å². The van der Waals surface area contributed by atoms with E-state index in [2.05, 4.69) is 34.2 Å². The minimum Gasteiger partial charge on any atom is -0.461 e. The molecule has 1 aromatic carbocycles. The van der Waals surface area contributed by atoms with Crippen LogP contribution in [0.5, 0.6) is 5.75 Å². The summed E-state index contributed by atoms with van der Waals surface area (Å²) >= 11 is 0. The predicted molar refractivity (Wildman–Crippen MR) is 271 cm³/mol. The van der Waals surface area contributed by atoms with E-state index in [4.69, 9.17) is 28.9 Å². The molecule has 4 aliphatic heterocycles. The van der Waals surface area contributed by atoms with Gasteiger partial charge in [0.1, 0.15) is 75.7 Å². The van der Waals surface area contributed by atoms with Crippen LogP contribution in [0.1, 0.15) is 22.8 Å². The maximum absolute atomic E-state index is 11.7. The van der Waals surface area contributed by atoms with Crippen molar-refractivity contribution in [3.8, 4) is 50.3 Å². The molecular weight excluding hydrogens is 947 g/mol. The lowest BCUT2D eigenvalue weighted by Gasteiger charge is -2.45. The summed E-state index contributed by atoms with van der Waals surface area (Å²) in [5.74, 6) is 0.229. The SMILES string of the molecule is C[n+]1ccc(-c2c3nc(c(-c4cc[n+](C)cc4)c4ccc([nH]4)c(-c4ccccc4O[C@@H]4O[C@H](CO)[C@@H](O[C@H]5O[C@H](CO)[C@@H](O)[C@H](O)[C@H]5O)[C@H](O)[C@H]4O)c4nc(c(-c5cc[n+](C)cc5)c5ccc2[nH]5)C=C4)C=C3)cc1. The average molecular weight is 1000 g/mol. The van der Waals surface area contributed by atoms with Crippen molar-refractivity contribution in [3.63, 3.8) is 0 Å². The number of para-hydroxylation sites is 1. The van der Waals surface area contributed by atoms with Gasteiger partial charge in [0.15, 0.2) is 43.5 Å². The van der Waals surface area contributed by atoms with Gasteiger partial charge in [0.25, 0.3) is 0 Å². The lowest BCUT2D eigenvalue weighted by molar-refractivity contribution is -0.671. The van der Waals surface area contributed by atoms with E-state index in [-0.39, 0.29) is 5.75 Å². The Bertz CT molecular complexity index is 3410. The maximum Gasteiger partial charge on any atom is 0.229 e. The molecule has 0 saturated carbocycles. The number of aromatic amines is 2. The molecule has 0 spiro atoms. The zero-order valence-electron chi connectivity index (χ0n) is 40.5. The van der Waals surface area contributed by atoms with Gasteiger partial charge in [-0.2, -0.15) is 0 Å². The molecule has 18 nitrogen and oxygen atoms in total. The molecule has 0 unspecified atom stereocenters. The summed E-state index contributed by atoms with van der Waals surface area (Å²) < 4.78 is 29.9. The number of pyridine rings is 3. The molecule has 74 heavy (non-hydrogen) atoms. The van der Waals surface area contributed by atoms with Crippen molar-refractivity contribution in [1.82, 2.24) is 19.9 Å². The van der Waals surface area contributed by atoms with Gasteiger partial charge in [-0.1, -0.05) is 18.2 Å². The van der Waals surface area contributed by atoms with E-state index in [0.29, 0.717) is 28.0 Å². The number of nitrogens with zero attached hydrogens (tertiary/aromatic N) is 5. The zero-order chi connectivity index (χ0) is 51.4. The number of rotatable bonds is 10. The summed E-state index contributed by atoms with van der Waals surface area (Å²) in [6.07, 6.45) is 3.71. The molecule has 2 fully saturated rings. The Hall–Kier alpha value is -7.33. The summed E-state index contributed by atoms with van der Waals surface area (Å²) in [7, 11) is 5.92. The number of aromatic nitrogens is 7. The molecule has 10 atom stereocenters. The van der Waals surface area contributed by atoms with Crippen molar-refractivity contribution < 1.29 is 68.4 Å². The molecule has 18 heteroatoms. The van der Waals surface area contributed by atoms with Gasteiger partial charge in [-0.25, -0.2) is 23.7 Å². The highest BCUT2D eigenvalue weighted by molar-refractivity contribution is 6.00. The zero-order valence-corrected chi connectivity index (χ0v) is 40.5. The first-order chi connectivity index (χ1) is 35.9. The van der Waals surface area contributed by atoms with Gasteiger partial charge in [-0.3, -0.25) is 0 Å². The molecule has 378 valence electrons. The Labute approximate surface area is 424 Å². The average Bonchev–Trinajstić information content (AvgIpc) is 4.27. The monoisotopic (exact) mass is 1000 g/mol. The summed E-state index contributed by atoms with van der Waals surface area (Å²) in [4.78, 5) is 18.3. The third-order valence-corrected chi connectivity index (χ3v) is 13.9. The van der Waals surface area contributed by atoms with Crippen molar-refractivity contribution in [2.24, 2.45) is 21.1 Å². The summed E-state index contributed by atoms with van der Waals surface area (Å²) in [5.41, 5.74) is 12.4. The number of aryl methyl sites for hydroxylation is 3. The Morgan fingerprint density at radius 3 is 1.34 bits per heavy atom. The van der Waals surface area contributed by atoms with Gasteiger partial charge in [0.05, 0.1) is 36.0 Å². The summed E-state index contributed by atoms with van der Waals surface area (Å²) in [6, 6.07) is 27.6. The Morgan fingerprint density at radius 1 is 0.473 bits per heavy atom. The van der Waals surface area contributed by atoms with E-state index in [1.807, 2.05) is 145 Å². The largest absolute Gasteiger partial charge is 0.461 e. The van der Waals surface area contributed by atoms with Crippen LogP contribution in [0, 0.1) is 0 Å². The standard InChI is InChI=1S/C56H55N7O11/c1-61-22-16-30(17-23-61)45-34-8-10-36(57-34)46(31-18-24-62(2)25-19-31)38-12-14-40(59-38)48(41-15-13-39(60-41)47(37-11-9-35(45)58-37)32-20-26-63(3)27-21-32)33-6-4-5-7-42(33)71-55-53(70)51(68)54(44(29-65)73-55)74-56-52(69)50(67)49(66)43(28-64)72-56/h4-27,43-44,49-56,64-70H,28-29H2,1-3H3,(H,57,58,59,60)/q+2/p+1/t43-,44-,49-,50+,51-,52-,53-,54-,55-,56-/m1/s1. The van der Waals surface area contributed by atoms with Crippen LogP contribution < -0.4 is 18.4 Å². The minimum atomic E-state index is -1.82. The molecule has 0 amide bonds. The van der Waals surface area contributed by atoms with E-state index in [1.54, 1.807) is 12.1 Å². The second kappa shape index (κ2) is 20.2.